The minimum atomic E-state index is -1.52. The lowest BCUT2D eigenvalue weighted by atomic mass is 10.0. The largest absolute Gasteiger partial charge is 0.395 e. The molecule has 0 bridgehead atoms. The molecule has 4 aromatic rings. The van der Waals surface area contributed by atoms with Gasteiger partial charge in [0.25, 0.3) is 0 Å². The molecular weight excluding hydrogens is 606 g/mol. The van der Waals surface area contributed by atoms with Gasteiger partial charge in [-0.05, 0) is 36.6 Å². The lowest BCUT2D eigenvalue weighted by Crippen LogP contribution is -2.49. The summed E-state index contributed by atoms with van der Waals surface area (Å²) in [4.78, 5) is 42.6. The third-order valence-electron chi connectivity index (χ3n) is 7.33. The Balaban J connectivity index is 1.85. The average Bonchev–Trinajstić information content (AvgIpc) is 2.99. The number of carbonyl (C=O) groups excluding carboxylic acids is 1. The number of nitrogens with two attached hydrogens (primary N) is 1. The van der Waals surface area contributed by atoms with Crippen molar-refractivity contribution in [3.05, 3.63) is 80.2 Å². The van der Waals surface area contributed by atoms with Crippen molar-refractivity contribution in [2.24, 2.45) is 0 Å². The highest BCUT2D eigenvalue weighted by atomic mass is 35.5. The number of nitrogen functional groups attached to an aromatic ring is 1. The Bertz CT molecular complexity index is 1840. The molecule has 0 aliphatic carbocycles. The third kappa shape index (κ3) is 5.08. The van der Waals surface area contributed by atoms with Gasteiger partial charge < -0.3 is 15.5 Å². The van der Waals surface area contributed by atoms with Crippen LogP contribution in [0.1, 0.15) is 31.0 Å². The standard InChI is InChI=1S/C29H26Cl2F3N7O2/c1-5-17(42)39-8-10-40(11-9-39)27-15-12-16(32)25(18-19(30)21(33)22(34)23(35)20(18)31)37-28(15)41(29(43)38-27)26-14(4)6-7-36-24(26)13(2)3/h5-7,12-13H,1,8-11,35H2,2-4H3. The quantitative estimate of drug-likeness (QED) is 0.136. The number of piperazine rings is 1. The van der Waals surface area contributed by atoms with Gasteiger partial charge in [0.15, 0.2) is 17.3 Å². The van der Waals surface area contributed by atoms with Gasteiger partial charge >= 0.3 is 5.69 Å². The van der Waals surface area contributed by atoms with Crippen LogP contribution < -0.4 is 16.3 Å². The second kappa shape index (κ2) is 11.5. The molecule has 0 radical (unpaired) electrons. The van der Waals surface area contributed by atoms with Gasteiger partial charge in [0.05, 0.1) is 32.5 Å². The lowest BCUT2D eigenvalue weighted by molar-refractivity contribution is -0.126. The van der Waals surface area contributed by atoms with Crippen molar-refractivity contribution in [3.63, 3.8) is 0 Å². The fraction of sp³-hybridized carbons (Fsp3) is 0.276. The van der Waals surface area contributed by atoms with E-state index in [1.54, 1.807) is 29.0 Å². The molecule has 1 saturated heterocycles. The molecule has 43 heavy (non-hydrogen) atoms. The predicted molar refractivity (Wildman–Crippen MR) is 160 cm³/mol. The van der Waals surface area contributed by atoms with Crippen LogP contribution in [0.4, 0.5) is 24.7 Å². The molecule has 5 rings (SSSR count). The van der Waals surface area contributed by atoms with Gasteiger partial charge in [0.2, 0.25) is 5.91 Å². The molecule has 1 aromatic carbocycles. The van der Waals surface area contributed by atoms with E-state index in [1.807, 2.05) is 13.8 Å². The maximum Gasteiger partial charge on any atom is 0.355 e. The lowest BCUT2D eigenvalue weighted by Gasteiger charge is -2.35. The average molecular weight is 632 g/mol. The number of halogens is 5. The molecule has 14 heteroatoms. The van der Waals surface area contributed by atoms with Crippen molar-refractivity contribution >= 4 is 51.6 Å². The summed E-state index contributed by atoms with van der Waals surface area (Å²) in [6.45, 7) is 10.3. The first-order valence-electron chi connectivity index (χ1n) is 13.2. The zero-order valence-electron chi connectivity index (χ0n) is 23.4. The van der Waals surface area contributed by atoms with Crippen LogP contribution in [0.25, 0.3) is 28.0 Å². The van der Waals surface area contributed by atoms with Crippen molar-refractivity contribution in [2.75, 3.05) is 36.8 Å². The maximum atomic E-state index is 16.0. The number of benzene rings is 1. The van der Waals surface area contributed by atoms with E-state index in [9.17, 15) is 18.4 Å². The monoisotopic (exact) mass is 631 g/mol. The van der Waals surface area contributed by atoms with Crippen LogP contribution >= 0.6 is 23.2 Å². The number of hydrogen-bond donors (Lipinski definition) is 1. The Labute approximate surface area is 254 Å². The summed E-state index contributed by atoms with van der Waals surface area (Å²) in [5, 5.41) is -1.22. The maximum absolute atomic E-state index is 16.0. The van der Waals surface area contributed by atoms with E-state index in [-0.39, 0.29) is 41.8 Å². The molecule has 1 fully saturated rings. The SMILES string of the molecule is C=CC(=O)N1CCN(c2nc(=O)n(-c3c(C)ccnc3C(C)C)c3nc(-c4c(Cl)c(N)c(F)c(F)c4Cl)c(F)cc23)CC1. The van der Waals surface area contributed by atoms with Crippen LogP contribution in [0.3, 0.4) is 0 Å². The van der Waals surface area contributed by atoms with Crippen molar-refractivity contribution in [1.29, 1.82) is 0 Å². The van der Waals surface area contributed by atoms with Crippen molar-refractivity contribution in [2.45, 2.75) is 26.7 Å². The number of fused-ring (bicyclic) bond motifs is 1. The Morgan fingerprint density at radius 2 is 1.77 bits per heavy atom. The first-order chi connectivity index (χ1) is 20.4. The van der Waals surface area contributed by atoms with E-state index in [4.69, 9.17) is 28.9 Å². The van der Waals surface area contributed by atoms with Crippen LogP contribution in [0.2, 0.25) is 10.0 Å². The predicted octanol–water partition coefficient (Wildman–Crippen LogP) is 5.42. The molecule has 1 aliphatic rings. The number of anilines is 2. The molecule has 1 amide bonds. The molecule has 0 atom stereocenters. The first kappa shape index (κ1) is 30.3. The molecule has 4 heterocycles. The second-order valence-electron chi connectivity index (χ2n) is 10.3. The van der Waals surface area contributed by atoms with Crippen molar-refractivity contribution in [1.82, 2.24) is 24.4 Å². The Kier molecular flexibility index (Phi) is 8.10. The van der Waals surface area contributed by atoms with Gasteiger partial charge in [0.1, 0.15) is 17.3 Å². The van der Waals surface area contributed by atoms with E-state index in [1.165, 1.54) is 10.6 Å². The molecule has 1 aliphatic heterocycles. The van der Waals surface area contributed by atoms with Gasteiger partial charge in [-0.2, -0.15) is 4.98 Å². The topological polar surface area (TPSA) is 110 Å². The zero-order chi connectivity index (χ0) is 31.3. The Hall–Kier alpha value is -4.16. The third-order valence-corrected chi connectivity index (χ3v) is 8.07. The summed E-state index contributed by atoms with van der Waals surface area (Å²) in [6.07, 6.45) is 2.82. The van der Waals surface area contributed by atoms with Crippen molar-refractivity contribution in [3.8, 4) is 16.9 Å². The molecule has 9 nitrogen and oxygen atoms in total. The minimum Gasteiger partial charge on any atom is -0.395 e. The number of amides is 1. The van der Waals surface area contributed by atoms with Crippen LogP contribution in [0.15, 0.2) is 35.8 Å². The van der Waals surface area contributed by atoms with E-state index in [2.05, 4.69) is 21.5 Å². The van der Waals surface area contributed by atoms with Gasteiger partial charge in [-0.1, -0.05) is 43.6 Å². The number of rotatable bonds is 5. The van der Waals surface area contributed by atoms with Gasteiger partial charge in [-0.3, -0.25) is 9.78 Å². The summed E-state index contributed by atoms with van der Waals surface area (Å²) in [5.74, 6) is -4.24. The molecule has 2 N–H and O–H groups in total. The smallest absolute Gasteiger partial charge is 0.355 e. The first-order valence-corrected chi connectivity index (χ1v) is 14.0. The molecule has 0 spiro atoms. The number of carbonyl (C=O) groups is 1. The van der Waals surface area contributed by atoms with Gasteiger partial charge in [0, 0.05) is 37.9 Å². The highest BCUT2D eigenvalue weighted by Gasteiger charge is 2.29. The summed E-state index contributed by atoms with van der Waals surface area (Å²) in [5.41, 5.74) is 4.68. The van der Waals surface area contributed by atoms with Crippen molar-refractivity contribution < 1.29 is 18.0 Å². The fourth-order valence-corrected chi connectivity index (χ4v) is 5.72. The summed E-state index contributed by atoms with van der Waals surface area (Å²) < 4.78 is 46.1. The molecule has 3 aromatic heterocycles. The molecule has 0 unspecified atom stereocenters. The van der Waals surface area contributed by atoms with Crippen LogP contribution in [-0.4, -0.2) is 56.5 Å². The summed E-state index contributed by atoms with van der Waals surface area (Å²) >= 11 is 12.4. The second-order valence-corrected chi connectivity index (χ2v) is 11.1. The van der Waals surface area contributed by atoms with Crippen LogP contribution in [0, 0.1) is 24.4 Å². The Morgan fingerprint density at radius 1 is 1.09 bits per heavy atom. The minimum absolute atomic E-state index is 0.0514. The molecule has 0 saturated carbocycles. The normalized spacial score (nSPS) is 13.7. The zero-order valence-corrected chi connectivity index (χ0v) is 24.9. The number of hydrogen-bond acceptors (Lipinski definition) is 7. The highest BCUT2D eigenvalue weighted by molar-refractivity contribution is 6.41. The highest BCUT2D eigenvalue weighted by Crippen LogP contribution is 2.43. The number of aryl methyl sites for hydroxylation is 1. The summed E-state index contributed by atoms with van der Waals surface area (Å²) in [6, 6.07) is 2.79. The number of nitrogens with zero attached hydrogens (tertiary/aromatic N) is 6. The van der Waals surface area contributed by atoms with Gasteiger partial charge in [-0.15, -0.1) is 0 Å². The van der Waals surface area contributed by atoms with Gasteiger partial charge in [-0.25, -0.2) is 27.5 Å². The number of aromatic nitrogens is 4. The molecule has 224 valence electrons. The fourth-order valence-electron chi connectivity index (χ4n) is 5.14. The van der Waals surface area contributed by atoms with E-state index in [0.29, 0.717) is 30.0 Å². The number of pyridine rings is 2. The molecular formula is C29H26Cl2F3N7O2. The Morgan fingerprint density at radius 3 is 2.40 bits per heavy atom. The van der Waals surface area contributed by atoms with Crippen LogP contribution in [-0.2, 0) is 4.79 Å². The summed E-state index contributed by atoms with van der Waals surface area (Å²) in [7, 11) is 0. The van der Waals surface area contributed by atoms with E-state index in [0.717, 1.165) is 6.07 Å². The van der Waals surface area contributed by atoms with E-state index < -0.39 is 50.1 Å². The van der Waals surface area contributed by atoms with E-state index >= 15 is 4.39 Å². The van der Waals surface area contributed by atoms with Crippen LogP contribution in [0.5, 0.6) is 0 Å².